The summed E-state index contributed by atoms with van der Waals surface area (Å²) < 4.78 is 43.4. The number of hydrogen-bond donors (Lipinski definition) is 1. The Kier molecular flexibility index (Phi) is 6.85. The summed E-state index contributed by atoms with van der Waals surface area (Å²) in [5, 5.41) is 5.22. The van der Waals surface area contributed by atoms with Gasteiger partial charge in [0.15, 0.2) is 17.3 Å². The van der Waals surface area contributed by atoms with Gasteiger partial charge in [0, 0.05) is 6.42 Å². The molecule has 3 heterocycles. The van der Waals surface area contributed by atoms with Gasteiger partial charge in [-0.1, -0.05) is 16.8 Å². The fourth-order valence-corrected chi connectivity index (χ4v) is 5.40. The number of rotatable bonds is 6. The molecule has 12 heteroatoms. The number of sulfonamides is 1. The van der Waals surface area contributed by atoms with Crippen molar-refractivity contribution in [1.29, 1.82) is 0 Å². The number of halogens is 1. The van der Waals surface area contributed by atoms with Gasteiger partial charge in [0.2, 0.25) is 6.79 Å². The molecule has 0 saturated carbocycles. The third kappa shape index (κ3) is 4.39. The van der Waals surface area contributed by atoms with E-state index in [9.17, 15) is 13.2 Å². The van der Waals surface area contributed by atoms with Crippen LogP contribution in [-0.2, 0) is 16.4 Å². The normalized spacial score (nSPS) is 12.5. The summed E-state index contributed by atoms with van der Waals surface area (Å²) in [6.45, 7) is 3.57. The van der Waals surface area contributed by atoms with Crippen LogP contribution in [0.2, 0.25) is 5.02 Å². The summed E-state index contributed by atoms with van der Waals surface area (Å²) in [4.78, 5) is 12.9. The molecule has 1 aliphatic rings. The predicted octanol–water partition coefficient (Wildman–Crippen LogP) is 1.08. The third-order valence-corrected chi connectivity index (χ3v) is 7.28. The van der Waals surface area contributed by atoms with Gasteiger partial charge in [0.05, 0.1) is 4.88 Å². The number of nitrogens with zero attached hydrogens (tertiary/aromatic N) is 1. The Bertz CT molecular complexity index is 1230. The van der Waals surface area contributed by atoms with Crippen molar-refractivity contribution in [1.82, 2.24) is 5.16 Å². The van der Waals surface area contributed by atoms with Crippen LogP contribution in [-0.4, -0.2) is 26.2 Å². The molecule has 0 saturated heterocycles. The van der Waals surface area contributed by atoms with Gasteiger partial charge in [-0.05, 0) is 48.6 Å². The number of aryl methyl sites for hydroxylation is 2. The van der Waals surface area contributed by atoms with E-state index in [1.807, 2.05) is 6.92 Å². The number of fused-ring (bicyclic) bond motifs is 1. The largest absolute Gasteiger partial charge is 1.00 e. The fraction of sp³-hybridized carbons (Fsp3) is 0.222. The summed E-state index contributed by atoms with van der Waals surface area (Å²) in [6, 6.07) is 4.91. The SMILES string of the molecule is Cc1cc2c(cc1CC(=O)c1sccc1S(=O)(=O)Nc1onc(C)c1Cl)OCO2.[H-].[Na+]. The number of carbonyl (C=O) groups is 1. The van der Waals surface area contributed by atoms with Crippen molar-refractivity contribution in [2.45, 2.75) is 25.2 Å². The van der Waals surface area contributed by atoms with E-state index in [1.165, 1.54) is 6.07 Å². The summed E-state index contributed by atoms with van der Waals surface area (Å²) in [6.07, 6.45) is 0.0215. The van der Waals surface area contributed by atoms with Crippen LogP contribution in [0, 0.1) is 13.8 Å². The van der Waals surface area contributed by atoms with Crippen molar-refractivity contribution >= 4 is 44.6 Å². The zero-order valence-electron chi connectivity index (χ0n) is 17.3. The third-order valence-electron chi connectivity index (χ3n) is 4.37. The van der Waals surface area contributed by atoms with Crippen LogP contribution in [0.5, 0.6) is 11.5 Å². The average Bonchev–Trinajstić information content (AvgIpc) is 3.39. The summed E-state index contributed by atoms with van der Waals surface area (Å²) >= 11 is 7.03. The average molecular weight is 479 g/mol. The minimum atomic E-state index is -4.09. The minimum Gasteiger partial charge on any atom is -1.00 e. The zero-order chi connectivity index (χ0) is 20.8. The van der Waals surface area contributed by atoms with Gasteiger partial charge in [-0.25, -0.2) is 13.1 Å². The zero-order valence-corrected chi connectivity index (χ0v) is 20.7. The molecule has 0 fully saturated rings. The van der Waals surface area contributed by atoms with E-state index in [2.05, 4.69) is 9.88 Å². The molecule has 3 aromatic rings. The van der Waals surface area contributed by atoms with Crippen molar-refractivity contribution in [2.24, 2.45) is 0 Å². The molecule has 2 aromatic heterocycles. The number of anilines is 1. The Morgan fingerprint density at radius 2 is 2.00 bits per heavy atom. The topological polar surface area (TPSA) is 108 Å². The van der Waals surface area contributed by atoms with Gasteiger partial charge in [0.1, 0.15) is 15.6 Å². The molecule has 1 N–H and O–H groups in total. The summed E-state index contributed by atoms with van der Waals surface area (Å²) in [5.41, 5.74) is 1.94. The Morgan fingerprint density at radius 3 is 2.67 bits per heavy atom. The van der Waals surface area contributed by atoms with Crippen LogP contribution < -0.4 is 43.8 Å². The van der Waals surface area contributed by atoms with Gasteiger partial charge < -0.3 is 15.4 Å². The van der Waals surface area contributed by atoms with E-state index in [4.69, 9.17) is 25.6 Å². The molecule has 1 aliphatic heterocycles. The van der Waals surface area contributed by atoms with Crippen LogP contribution in [0.3, 0.4) is 0 Å². The number of nitrogens with one attached hydrogen (secondary N) is 1. The van der Waals surface area contributed by atoms with E-state index >= 15 is 0 Å². The fourth-order valence-electron chi connectivity index (χ4n) is 2.84. The van der Waals surface area contributed by atoms with E-state index in [-0.39, 0.29) is 70.7 Å². The van der Waals surface area contributed by atoms with Crippen molar-refractivity contribution < 1.29 is 58.2 Å². The van der Waals surface area contributed by atoms with E-state index in [1.54, 1.807) is 24.4 Å². The number of carbonyl (C=O) groups excluding carboxylic acids is 1. The minimum absolute atomic E-state index is 0. The Hall–Kier alpha value is -1.56. The Morgan fingerprint density at radius 1 is 1.30 bits per heavy atom. The molecule has 0 atom stereocenters. The second-order valence-corrected chi connectivity index (χ2v) is 9.31. The van der Waals surface area contributed by atoms with Crippen molar-refractivity contribution in [3.8, 4) is 11.5 Å². The quantitative estimate of drug-likeness (QED) is 0.417. The van der Waals surface area contributed by atoms with Gasteiger partial charge >= 0.3 is 29.6 Å². The molecule has 0 amide bonds. The molecule has 0 bridgehead atoms. The van der Waals surface area contributed by atoms with Gasteiger partial charge in [-0.3, -0.25) is 4.79 Å². The van der Waals surface area contributed by atoms with Crippen LogP contribution in [0.1, 0.15) is 27.9 Å². The molecule has 4 rings (SSSR count). The molecule has 1 aromatic carbocycles. The van der Waals surface area contributed by atoms with E-state index in [0.29, 0.717) is 17.2 Å². The number of ketones is 1. The predicted molar refractivity (Wildman–Crippen MR) is 108 cm³/mol. The summed E-state index contributed by atoms with van der Waals surface area (Å²) in [5.74, 6) is 0.665. The van der Waals surface area contributed by atoms with Crippen LogP contribution in [0.4, 0.5) is 5.88 Å². The maximum absolute atomic E-state index is 12.9. The molecule has 8 nitrogen and oxygen atoms in total. The molecule has 154 valence electrons. The molecular formula is C18H16ClN2NaO6S2. The standard InChI is InChI=1S/C18H15ClN2O6S2.Na.H/c1-9-5-13-14(26-8-25-13)7-11(9)6-12(22)17-15(3-4-28-17)29(23,24)21-18-16(19)10(2)20-27-18;;/h3-5,7,21H,6,8H2,1-2H3;;/q;+1;-1. The van der Waals surface area contributed by atoms with E-state index < -0.39 is 10.0 Å². The number of ether oxygens (including phenoxy) is 2. The molecule has 0 aliphatic carbocycles. The van der Waals surface area contributed by atoms with Gasteiger partial charge in [-0.15, -0.1) is 11.3 Å². The number of aromatic nitrogens is 1. The number of hydrogen-bond acceptors (Lipinski definition) is 8. The van der Waals surface area contributed by atoms with Crippen LogP contribution in [0.25, 0.3) is 0 Å². The Balaban J connectivity index is 0.00000171. The first-order chi connectivity index (χ1) is 13.8. The smallest absolute Gasteiger partial charge is 1.00 e. The first-order valence-electron chi connectivity index (χ1n) is 8.40. The van der Waals surface area contributed by atoms with Crippen LogP contribution in [0.15, 0.2) is 33.0 Å². The maximum Gasteiger partial charge on any atom is 1.00 e. The molecule has 30 heavy (non-hydrogen) atoms. The summed E-state index contributed by atoms with van der Waals surface area (Å²) in [7, 11) is -4.09. The number of benzene rings is 1. The van der Waals surface area contributed by atoms with Crippen molar-refractivity contribution in [3.05, 3.63) is 50.3 Å². The van der Waals surface area contributed by atoms with Crippen molar-refractivity contribution in [2.75, 3.05) is 11.5 Å². The van der Waals surface area contributed by atoms with E-state index in [0.717, 1.165) is 22.5 Å². The molecule has 0 radical (unpaired) electrons. The van der Waals surface area contributed by atoms with Crippen molar-refractivity contribution in [3.63, 3.8) is 0 Å². The molecule has 0 unspecified atom stereocenters. The number of Topliss-reactive ketones (excluding diaryl/α,β-unsaturated/α-hetero) is 1. The molecule has 0 spiro atoms. The van der Waals surface area contributed by atoms with Gasteiger partial charge in [-0.2, -0.15) is 0 Å². The first-order valence-corrected chi connectivity index (χ1v) is 11.1. The van der Waals surface area contributed by atoms with Gasteiger partial charge in [0.25, 0.3) is 15.9 Å². The van der Waals surface area contributed by atoms with Crippen LogP contribution >= 0.6 is 22.9 Å². The first kappa shape index (κ1) is 23.1. The second-order valence-electron chi connectivity index (χ2n) is 6.36. The monoisotopic (exact) mass is 478 g/mol. The second kappa shape index (κ2) is 8.89. The number of thiophene rings is 1. The Labute approximate surface area is 205 Å². The maximum atomic E-state index is 12.9. The molecular weight excluding hydrogens is 463 g/mol.